The van der Waals surface area contributed by atoms with Crippen molar-refractivity contribution in [1.82, 2.24) is 0 Å². The molecule has 0 unspecified atom stereocenters. The number of hydrogen-bond acceptors (Lipinski definition) is 5. The van der Waals surface area contributed by atoms with Crippen LogP contribution in [-0.2, 0) is 4.74 Å². The van der Waals surface area contributed by atoms with Crippen molar-refractivity contribution in [3.63, 3.8) is 0 Å². The molecule has 7 heteroatoms. The van der Waals surface area contributed by atoms with Gasteiger partial charge in [0, 0.05) is 4.91 Å². The Morgan fingerprint density at radius 3 is 2.29 bits per heavy atom. The van der Waals surface area contributed by atoms with E-state index in [1.54, 1.807) is 0 Å². The molecule has 3 N–H and O–H groups in total. The maximum absolute atomic E-state index is 10.0. The smallest absolute Gasteiger partial charge is 0.107 e. The van der Waals surface area contributed by atoms with Crippen LogP contribution in [0.15, 0.2) is 5.11 Å². The van der Waals surface area contributed by atoms with E-state index in [2.05, 4.69) is 10.0 Å². The second kappa shape index (κ2) is 5.20. The molecule has 17 heavy (non-hydrogen) atoms. The minimum absolute atomic E-state index is 0.391. The van der Waals surface area contributed by atoms with Gasteiger partial charge in [0.05, 0.1) is 31.0 Å². The van der Waals surface area contributed by atoms with Crippen molar-refractivity contribution < 1.29 is 20.1 Å². The SMILES string of the molecule is CC(C)(C)[C@@H]1O[C@H](CO)[C@@H](O)[C@H](N=[N+]=[N-])[C@H]1O. The number of rotatable bonds is 2. The normalized spacial score (nSPS) is 38.6. The third kappa shape index (κ3) is 2.88. The predicted molar refractivity (Wildman–Crippen MR) is 60.1 cm³/mol. The molecule has 0 radical (unpaired) electrons. The predicted octanol–water partition coefficient (Wildman–Crippen LogP) is 0.193. The average Bonchev–Trinajstić information content (AvgIpc) is 2.22. The van der Waals surface area contributed by atoms with E-state index in [1.807, 2.05) is 20.8 Å². The van der Waals surface area contributed by atoms with Crippen molar-refractivity contribution in [2.24, 2.45) is 10.5 Å². The third-order valence-electron chi connectivity index (χ3n) is 2.93. The van der Waals surface area contributed by atoms with Crippen LogP contribution in [0.4, 0.5) is 0 Å². The van der Waals surface area contributed by atoms with E-state index in [-0.39, 0.29) is 0 Å². The summed E-state index contributed by atoms with van der Waals surface area (Å²) in [4.78, 5) is 2.61. The van der Waals surface area contributed by atoms with E-state index in [0.29, 0.717) is 0 Å². The van der Waals surface area contributed by atoms with Crippen LogP contribution >= 0.6 is 0 Å². The van der Waals surface area contributed by atoms with E-state index in [0.717, 1.165) is 0 Å². The zero-order chi connectivity index (χ0) is 13.2. The van der Waals surface area contributed by atoms with Crippen molar-refractivity contribution in [3.05, 3.63) is 10.4 Å². The fourth-order valence-electron chi connectivity index (χ4n) is 2.01. The molecule has 0 aromatic carbocycles. The van der Waals surface area contributed by atoms with Crippen LogP contribution in [0.3, 0.4) is 0 Å². The lowest BCUT2D eigenvalue weighted by atomic mass is 9.79. The quantitative estimate of drug-likeness (QED) is 0.365. The molecule has 1 heterocycles. The molecule has 1 saturated heterocycles. The topological polar surface area (TPSA) is 119 Å². The fourth-order valence-corrected chi connectivity index (χ4v) is 2.01. The summed E-state index contributed by atoms with van der Waals surface area (Å²) in [6, 6.07) is -1.00. The lowest BCUT2D eigenvalue weighted by Crippen LogP contribution is -2.60. The summed E-state index contributed by atoms with van der Waals surface area (Å²) in [6.45, 7) is 5.19. The first-order valence-electron chi connectivity index (χ1n) is 5.49. The summed E-state index contributed by atoms with van der Waals surface area (Å²) >= 11 is 0. The van der Waals surface area contributed by atoms with E-state index in [4.69, 9.17) is 15.4 Å². The largest absolute Gasteiger partial charge is 0.394 e. The number of ether oxygens (including phenoxy) is 1. The second-order valence-electron chi connectivity index (χ2n) is 5.32. The van der Waals surface area contributed by atoms with Gasteiger partial charge in [-0.1, -0.05) is 25.9 Å². The van der Waals surface area contributed by atoms with Gasteiger partial charge in [-0.2, -0.15) is 0 Å². The van der Waals surface area contributed by atoms with Gasteiger partial charge in [-0.25, -0.2) is 0 Å². The van der Waals surface area contributed by atoms with Gasteiger partial charge in [-0.15, -0.1) is 0 Å². The van der Waals surface area contributed by atoms with E-state index >= 15 is 0 Å². The summed E-state index contributed by atoms with van der Waals surface area (Å²) in [5.74, 6) is 0. The maximum Gasteiger partial charge on any atom is 0.107 e. The van der Waals surface area contributed by atoms with Crippen molar-refractivity contribution in [1.29, 1.82) is 0 Å². The molecule has 0 aromatic heterocycles. The van der Waals surface area contributed by atoms with E-state index < -0.39 is 42.5 Å². The molecule has 0 spiro atoms. The highest BCUT2D eigenvalue weighted by Gasteiger charge is 2.47. The number of nitrogens with zero attached hydrogens (tertiary/aromatic N) is 3. The van der Waals surface area contributed by atoms with Crippen molar-refractivity contribution in [2.45, 2.75) is 51.2 Å². The summed E-state index contributed by atoms with van der Waals surface area (Å²) in [5.41, 5.74) is 8.04. The van der Waals surface area contributed by atoms with Gasteiger partial charge in [0.15, 0.2) is 0 Å². The Labute approximate surface area is 99.6 Å². The molecule has 5 atom stereocenters. The second-order valence-corrected chi connectivity index (χ2v) is 5.32. The van der Waals surface area contributed by atoms with Crippen LogP contribution in [0.5, 0.6) is 0 Å². The first-order valence-corrected chi connectivity index (χ1v) is 5.49. The highest BCUT2D eigenvalue weighted by molar-refractivity contribution is 5.00. The molecule has 1 aliphatic rings. The van der Waals surface area contributed by atoms with Crippen molar-refractivity contribution in [3.8, 4) is 0 Å². The standard InChI is InChI=1S/C10H19N3O4/c1-10(2,3)9-8(16)6(12-13-11)7(15)5(4-14)17-9/h5-9,14-16H,4H2,1-3H3/t5-,6+,7-,8-,9-/m1/s1. The third-order valence-corrected chi connectivity index (χ3v) is 2.93. The number of aliphatic hydroxyl groups is 3. The molecule has 7 nitrogen and oxygen atoms in total. The average molecular weight is 245 g/mol. The molecule has 0 saturated carbocycles. The molecule has 1 fully saturated rings. The Morgan fingerprint density at radius 1 is 1.29 bits per heavy atom. The molecular formula is C10H19N3O4. The molecule has 0 amide bonds. The van der Waals surface area contributed by atoms with Crippen LogP contribution < -0.4 is 0 Å². The van der Waals surface area contributed by atoms with Crippen LogP contribution in [0.1, 0.15) is 20.8 Å². The molecule has 0 aromatic rings. The van der Waals surface area contributed by atoms with Gasteiger partial charge in [-0.3, -0.25) is 0 Å². The molecule has 0 bridgehead atoms. The van der Waals surface area contributed by atoms with Gasteiger partial charge in [0.1, 0.15) is 6.10 Å². The number of hydrogen-bond donors (Lipinski definition) is 3. The first-order chi connectivity index (χ1) is 7.82. The van der Waals surface area contributed by atoms with Crippen molar-refractivity contribution >= 4 is 0 Å². The van der Waals surface area contributed by atoms with Crippen molar-refractivity contribution in [2.75, 3.05) is 6.61 Å². The minimum Gasteiger partial charge on any atom is -0.394 e. The highest BCUT2D eigenvalue weighted by atomic mass is 16.5. The van der Waals surface area contributed by atoms with Crippen LogP contribution in [0.25, 0.3) is 10.4 Å². The summed E-state index contributed by atoms with van der Waals surface area (Å²) < 4.78 is 5.47. The molecule has 98 valence electrons. The Balaban J connectivity index is 3.01. The fraction of sp³-hybridized carbons (Fsp3) is 1.00. The highest BCUT2D eigenvalue weighted by Crippen LogP contribution is 2.34. The summed E-state index contributed by atoms with van der Waals surface area (Å²) in [5, 5.41) is 32.4. The number of azide groups is 1. The zero-order valence-electron chi connectivity index (χ0n) is 10.2. The monoisotopic (exact) mass is 245 g/mol. The Morgan fingerprint density at radius 2 is 1.88 bits per heavy atom. The van der Waals surface area contributed by atoms with Gasteiger partial charge in [0.2, 0.25) is 0 Å². The maximum atomic E-state index is 10.0. The van der Waals surface area contributed by atoms with Gasteiger partial charge >= 0.3 is 0 Å². The van der Waals surface area contributed by atoms with Gasteiger partial charge in [-0.05, 0) is 10.9 Å². The van der Waals surface area contributed by atoms with E-state index in [9.17, 15) is 10.2 Å². The van der Waals surface area contributed by atoms with Gasteiger partial charge < -0.3 is 20.1 Å². The van der Waals surface area contributed by atoms with Gasteiger partial charge in [0.25, 0.3) is 0 Å². The molecule has 0 aliphatic carbocycles. The molecule has 1 aliphatic heterocycles. The zero-order valence-corrected chi connectivity index (χ0v) is 10.2. The molecule has 1 rings (SSSR count). The number of aliphatic hydroxyl groups excluding tert-OH is 3. The van der Waals surface area contributed by atoms with Crippen LogP contribution in [0.2, 0.25) is 0 Å². The minimum atomic E-state index is -1.20. The van der Waals surface area contributed by atoms with Crippen LogP contribution in [-0.4, -0.2) is 52.4 Å². The Bertz CT molecular complexity index is 311. The molecular weight excluding hydrogens is 226 g/mol. The van der Waals surface area contributed by atoms with Crippen LogP contribution in [0, 0.1) is 5.41 Å². The lowest BCUT2D eigenvalue weighted by molar-refractivity contribution is -0.215. The van der Waals surface area contributed by atoms with E-state index in [1.165, 1.54) is 0 Å². The summed E-state index contributed by atoms with van der Waals surface area (Å²) in [6.07, 6.45) is -3.76. The Kier molecular flexibility index (Phi) is 4.35. The lowest BCUT2D eigenvalue weighted by Gasteiger charge is -2.45. The first kappa shape index (κ1) is 14.2. The Hall–Kier alpha value is -0.850. The summed E-state index contributed by atoms with van der Waals surface area (Å²) in [7, 11) is 0.